The van der Waals surface area contributed by atoms with Gasteiger partial charge < -0.3 is 19.8 Å². The number of benzene rings is 1. The van der Waals surface area contributed by atoms with Crippen molar-refractivity contribution in [1.29, 1.82) is 0 Å². The number of nitrogens with zero attached hydrogens (tertiary/aromatic N) is 1. The quantitative estimate of drug-likeness (QED) is 0.191. The smallest absolute Gasteiger partial charge is 0.191 e. The summed E-state index contributed by atoms with van der Waals surface area (Å²) in [6, 6.07) is 6.93. The van der Waals surface area contributed by atoms with E-state index in [4.69, 9.17) is 9.15 Å². The van der Waals surface area contributed by atoms with Crippen LogP contribution in [0.15, 0.2) is 58.7 Å². The van der Waals surface area contributed by atoms with Crippen LogP contribution in [0, 0.1) is 11.6 Å². The Kier molecular flexibility index (Phi) is 10.4. The van der Waals surface area contributed by atoms with Gasteiger partial charge in [0.2, 0.25) is 0 Å². The van der Waals surface area contributed by atoms with Gasteiger partial charge in [0.1, 0.15) is 18.2 Å². The van der Waals surface area contributed by atoms with Gasteiger partial charge in [-0.1, -0.05) is 6.08 Å². The van der Waals surface area contributed by atoms with E-state index in [1.54, 1.807) is 12.3 Å². The molecule has 2 N–H and O–H groups in total. The standard InChI is InChI=1S/C18H21F2N3O2.HI/c1-2-8-21-18(22-9-7-15-4-3-11-24-15)23-10-12-25-17-6-5-14(19)13-16(17)20;/h2-6,11,13H,1,7-10,12H2,(H2,21,22,23);1H. The molecule has 1 heterocycles. The van der Waals surface area contributed by atoms with E-state index in [0.717, 1.165) is 17.9 Å². The van der Waals surface area contributed by atoms with Crippen molar-refractivity contribution in [2.45, 2.75) is 6.42 Å². The van der Waals surface area contributed by atoms with Crippen LogP contribution in [0.25, 0.3) is 0 Å². The molecule has 0 amide bonds. The van der Waals surface area contributed by atoms with Crippen LogP contribution in [-0.2, 0) is 6.42 Å². The summed E-state index contributed by atoms with van der Waals surface area (Å²) in [6.07, 6.45) is 4.03. The molecule has 0 fully saturated rings. The number of furan rings is 1. The highest BCUT2D eigenvalue weighted by Crippen LogP contribution is 2.17. The maximum Gasteiger partial charge on any atom is 0.191 e. The Morgan fingerprint density at radius 1 is 1.27 bits per heavy atom. The summed E-state index contributed by atoms with van der Waals surface area (Å²) < 4.78 is 36.8. The van der Waals surface area contributed by atoms with Crippen molar-refractivity contribution in [1.82, 2.24) is 10.6 Å². The number of hydrogen-bond donors (Lipinski definition) is 2. The van der Waals surface area contributed by atoms with Crippen LogP contribution >= 0.6 is 24.0 Å². The van der Waals surface area contributed by atoms with Crippen molar-refractivity contribution in [2.24, 2.45) is 4.99 Å². The SMILES string of the molecule is C=CCNC(=NCCc1ccco1)NCCOc1ccc(F)cc1F.I. The van der Waals surface area contributed by atoms with Gasteiger partial charge in [-0.3, -0.25) is 4.99 Å². The first kappa shape index (κ1) is 21.9. The third-order valence-electron chi connectivity index (χ3n) is 3.17. The van der Waals surface area contributed by atoms with Gasteiger partial charge in [0, 0.05) is 25.6 Å². The first-order valence-corrected chi connectivity index (χ1v) is 7.92. The molecule has 0 atom stereocenters. The Hall–Kier alpha value is -2.10. The predicted molar refractivity (Wildman–Crippen MR) is 108 cm³/mol. The number of rotatable bonds is 9. The highest BCUT2D eigenvalue weighted by atomic mass is 127. The van der Waals surface area contributed by atoms with Gasteiger partial charge in [0.05, 0.1) is 12.8 Å². The summed E-state index contributed by atoms with van der Waals surface area (Å²) in [5.74, 6) is 0.106. The van der Waals surface area contributed by atoms with Gasteiger partial charge in [-0.2, -0.15) is 0 Å². The largest absolute Gasteiger partial charge is 0.489 e. The molecule has 0 spiro atoms. The fourth-order valence-electron chi connectivity index (χ4n) is 2.00. The van der Waals surface area contributed by atoms with Crippen molar-refractivity contribution in [3.05, 3.63) is 66.6 Å². The molecule has 0 radical (unpaired) electrons. The molecule has 2 aromatic rings. The molecule has 0 aliphatic rings. The average molecular weight is 477 g/mol. The lowest BCUT2D eigenvalue weighted by Crippen LogP contribution is -2.39. The number of ether oxygens (including phenoxy) is 1. The second kappa shape index (κ2) is 12.3. The van der Waals surface area contributed by atoms with Gasteiger partial charge in [-0.15, -0.1) is 30.6 Å². The van der Waals surface area contributed by atoms with E-state index >= 15 is 0 Å². The minimum Gasteiger partial charge on any atom is -0.489 e. The van der Waals surface area contributed by atoms with Crippen LogP contribution in [-0.4, -0.2) is 32.2 Å². The van der Waals surface area contributed by atoms with Gasteiger partial charge in [0.25, 0.3) is 0 Å². The number of guanidine groups is 1. The lowest BCUT2D eigenvalue weighted by molar-refractivity contribution is 0.304. The lowest BCUT2D eigenvalue weighted by Gasteiger charge is -2.12. The van der Waals surface area contributed by atoms with E-state index in [0.29, 0.717) is 32.0 Å². The summed E-state index contributed by atoms with van der Waals surface area (Å²) in [4.78, 5) is 4.42. The maximum absolute atomic E-state index is 13.5. The fourth-order valence-corrected chi connectivity index (χ4v) is 2.00. The summed E-state index contributed by atoms with van der Waals surface area (Å²) in [7, 11) is 0. The molecular formula is C18H22F2IN3O2. The Bertz CT molecular complexity index is 694. The summed E-state index contributed by atoms with van der Waals surface area (Å²) in [5, 5.41) is 6.15. The average Bonchev–Trinajstić information content (AvgIpc) is 3.10. The van der Waals surface area contributed by atoms with E-state index in [2.05, 4.69) is 22.2 Å². The first-order valence-electron chi connectivity index (χ1n) is 7.92. The molecule has 26 heavy (non-hydrogen) atoms. The van der Waals surface area contributed by atoms with Gasteiger partial charge in [0.15, 0.2) is 17.5 Å². The van der Waals surface area contributed by atoms with Crippen molar-refractivity contribution < 1.29 is 17.9 Å². The zero-order chi connectivity index (χ0) is 17.9. The van der Waals surface area contributed by atoms with Crippen LogP contribution in [0.5, 0.6) is 5.75 Å². The van der Waals surface area contributed by atoms with Crippen LogP contribution in [0.4, 0.5) is 8.78 Å². The normalized spacial score (nSPS) is 10.8. The Labute approximate surface area is 168 Å². The molecule has 0 aliphatic heterocycles. The number of nitrogens with one attached hydrogen (secondary N) is 2. The Morgan fingerprint density at radius 2 is 2.12 bits per heavy atom. The molecule has 0 bridgehead atoms. The molecule has 0 aliphatic carbocycles. The number of halogens is 3. The third kappa shape index (κ3) is 7.85. The highest BCUT2D eigenvalue weighted by molar-refractivity contribution is 14.0. The van der Waals surface area contributed by atoms with Crippen molar-refractivity contribution in [3.8, 4) is 5.75 Å². The summed E-state index contributed by atoms with van der Waals surface area (Å²) in [5.41, 5.74) is 0. The Morgan fingerprint density at radius 3 is 2.81 bits per heavy atom. The second-order valence-corrected chi connectivity index (χ2v) is 5.08. The van der Waals surface area contributed by atoms with Crippen molar-refractivity contribution in [2.75, 3.05) is 26.2 Å². The van der Waals surface area contributed by atoms with Crippen LogP contribution in [0.3, 0.4) is 0 Å². The fraction of sp³-hybridized carbons (Fsp3) is 0.278. The number of hydrogen-bond acceptors (Lipinski definition) is 3. The van der Waals surface area contributed by atoms with Crippen LogP contribution in [0.2, 0.25) is 0 Å². The van der Waals surface area contributed by atoms with Crippen molar-refractivity contribution in [3.63, 3.8) is 0 Å². The molecule has 0 saturated carbocycles. The molecule has 0 unspecified atom stereocenters. The van der Waals surface area contributed by atoms with Crippen LogP contribution < -0.4 is 15.4 Å². The molecule has 1 aromatic carbocycles. The highest BCUT2D eigenvalue weighted by Gasteiger charge is 2.05. The van der Waals surface area contributed by atoms with Crippen molar-refractivity contribution >= 4 is 29.9 Å². The monoisotopic (exact) mass is 477 g/mol. The second-order valence-electron chi connectivity index (χ2n) is 5.08. The van der Waals surface area contributed by atoms with E-state index in [1.165, 1.54) is 6.07 Å². The minimum atomic E-state index is -0.725. The minimum absolute atomic E-state index is 0. The molecular weight excluding hydrogens is 455 g/mol. The topological polar surface area (TPSA) is 58.8 Å². The summed E-state index contributed by atoms with van der Waals surface area (Å²) in [6.45, 7) is 5.36. The molecule has 1 aromatic heterocycles. The molecule has 0 saturated heterocycles. The van der Waals surface area contributed by atoms with E-state index < -0.39 is 11.6 Å². The third-order valence-corrected chi connectivity index (χ3v) is 3.17. The first-order chi connectivity index (χ1) is 12.2. The Balaban J connectivity index is 0.00000338. The molecule has 5 nitrogen and oxygen atoms in total. The van der Waals surface area contributed by atoms with E-state index in [1.807, 2.05) is 12.1 Å². The van der Waals surface area contributed by atoms with Gasteiger partial charge in [-0.25, -0.2) is 8.78 Å². The molecule has 8 heteroatoms. The van der Waals surface area contributed by atoms with E-state index in [-0.39, 0.29) is 36.3 Å². The molecule has 2 rings (SSSR count). The lowest BCUT2D eigenvalue weighted by atomic mass is 10.3. The zero-order valence-corrected chi connectivity index (χ0v) is 16.5. The van der Waals surface area contributed by atoms with Crippen LogP contribution in [0.1, 0.15) is 5.76 Å². The molecule has 142 valence electrons. The van der Waals surface area contributed by atoms with Gasteiger partial charge >= 0.3 is 0 Å². The number of aliphatic imine (C=N–C) groups is 1. The van der Waals surface area contributed by atoms with E-state index in [9.17, 15) is 8.78 Å². The van der Waals surface area contributed by atoms with Gasteiger partial charge in [-0.05, 0) is 24.3 Å². The predicted octanol–water partition coefficient (Wildman–Crippen LogP) is 3.52. The maximum atomic E-state index is 13.5. The summed E-state index contributed by atoms with van der Waals surface area (Å²) >= 11 is 0. The zero-order valence-electron chi connectivity index (χ0n) is 14.2.